The van der Waals surface area contributed by atoms with Crippen molar-refractivity contribution in [2.24, 2.45) is 0 Å². The molecule has 1 atom stereocenters. The van der Waals surface area contributed by atoms with Gasteiger partial charge < -0.3 is 5.32 Å². The molecule has 0 bridgehead atoms. The molecule has 0 saturated carbocycles. The molecule has 1 aromatic rings. The monoisotopic (exact) mass is 177 g/mol. The number of hydrogen-bond acceptors (Lipinski definition) is 1. The van der Waals surface area contributed by atoms with E-state index in [0.29, 0.717) is 6.04 Å². The molecule has 0 fully saturated rings. The van der Waals surface area contributed by atoms with Crippen LogP contribution < -0.4 is 5.32 Å². The van der Waals surface area contributed by atoms with E-state index >= 15 is 0 Å². The van der Waals surface area contributed by atoms with Gasteiger partial charge in [-0.2, -0.15) is 0 Å². The van der Waals surface area contributed by atoms with E-state index in [-0.39, 0.29) is 0 Å². The van der Waals surface area contributed by atoms with Crippen LogP contribution in [0.25, 0.3) is 0 Å². The molecule has 1 N–H and O–H groups in total. The summed E-state index contributed by atoms with van der Waals surface area (Å²) in [6.07, 6.45) is 1.19. The Bertz CT molecular complexity index is 255. The summed E-state index contributed by atoms with van der Waals surface area (Å²) in [5, 5.41) is 3.49. The first-order valence-electron chi connectivity index (χ1n) is 5.02. The van der Waals surface area contributed by atoms with Crippen molar-refractivity contribution in [2.75, 3.05) is 0 Å². The molecular weight excluding hydrogens is 158 g/mol. The lowest BCUT2D eigenvalue weighted by Crippen LogP contribution is -2.24. The largest absolute Gasteiger partial charge is 0.310 e. The second kappa shape index (κ2) is 5.03. The lowest BCUT2D eigenvalue weighted by Gasteiger charge is -2.12. The van der Waals surface area contributed by atoms with Crippen LogP contribution in [-0.4, -0.2) is 6.04 Å². The van der Waals surface area contributed by atoms with Crippen LogP contribution in [0.15, 0.2) is 24.3 Å². The molecule has 1 aromatic carbocycles. The minimum atomic E-state index is 0.611. The van der Waals surface area contributed by atoms with Crippen molar-refractivity contribution in [3.8, 4) is 0 Å². The maximum absolute atomic E-state index is 3.49. The number of hydrogen-bond donors (Lipinski definition) is 1. The third kappa shape index (κ3) is 3.19. The van der Waals surface area contributed by atoms with E-state index in [0.717, 1.165) is 6.54 Å². The Labute approximate surface area is 81.2 Å². The van der Waals surface area contributed by atoms with E-state index in [4.69, 9.17) is 0 Å². The zero-order chi connectivity index (χ0) is 9.68. The third-order valence-electron chi connectivity index (χ3n) is 2.51. The van der Waals surface area contributed by atoms with Crippen molar-refractivity contribution < 1.29 is 0 Å². The summed E-state index contributed by atoms with van der Waals surface area (Å²) < 4.78 is 0. The van der Waals surface area contributed by atoms with Gasteiger partial charge in [0.1, 0.15) is 0 Å². The predicted molar refractivity (Wildman–Crippen MR) is 57.8 cm³/mol. The zero-order valence-corrected chi connectivity index (χ0v) is 8.80. The van der Waals surface area contributed by atoms with Gasteiger partial charge in [-0.15, -0.1) is 0 Å². The van der Waals surface area contributed by atoms with Gasteiger partial charge in [-0.1, -0.05) is 31.2 Å². The Hall–Kier alpha value is -0.820. The van der Waals surface area contributed by atoms with Gasteiger partial charge in [0, 0.05) is 12.6 Å². The molecule has 0 saturated heterocycles. The van der Waals surface area contributed by atoms with Gasteiger partial charge in [0.25, 0.3) is 0 Å². The molecule has 0 aliphatic carbocycles. The maximum atomic E-state index is 3.49. The van der Waals surface area contributed by atoms with E-state index in [1.807, 2.05) is 0 Å². The van der Waals surface area contributed by atoms with Crippen LogP contribution in [0.2, 0.25) is 0 Å². The molecule has 1 heteroatoms. The molecule has 0 heterocycles. The first-order chi connectivity index (χ1) is 6.24. The van der Waals surface area contributed by atoms with Crippen LogP contribution in [-0.2, 0) is 6.54 Å². The van der Waals surface area contributed by atoms with Crippen molar-refractivity contribution in [3.63, 3.8) is 0 Å². The fourth-order valence-corrected chi connectivity index (χ4v) is 1.24. The first-order valence-corrected chi connectivity index (χ1v) is 5.02. The third-order valence-corrected chi connectivity index (χ3v) is 2.51. The van der Waals surface area contributed by atoms with Crippen molar-refractivity contribution in [3.05, 3.63) is 35.4 Å². The number of aryl methyl sites for hydroxylation is 1. The Morgan fingerprint density at radius 1 is 1.31 bits per heavy atom. The predicted octanol–water partition coefficient (Wildman–Crippen LogP) is 2.88. The highest BCUT2D eigenvalue weighted by Gasteiger charge is 1.99. The first kappa shape index (κ1) is 10.3. The molecule has 0 aliphatic heterocycles. The van der Waals surface area contributed by atoms with Crippen LogP contribution in [0.3, 0.4) is 0 Å². The molecule has 0 aliphatic rings. The fourth-order valence-electron chi connectivity index (χ4n) is 1.24. The molecule has 1 rings (SSSR count). The molecule has 0 spiro atoms. The minimum Gasteiger partial charge on any atom is -0.310 e. The van der Waals surface area contributed by atoms with Crippen molar-refractivity contribution >= 4 is 0 Å². The molecule has 1 unspecified atom stereocenters. The summed E-state index contributed by atoms with van der Waals surface area (Å²) >= 11 is 0. The second-order valence-electron chi connectivity index (χ2n) is 3.62. The fraction of sp³-hybridized carbons (Fsp3) is 0.500. The van der Waals surface area contributed by atoms with Crippen molar-refractivity contribution in [1.29, 1.82) is 0 Å². The number of benzene rings is 1. The van der Waals surface area contributed by atoms with Crippen molar-refractivity contribution in [1.82, 2.24) is 5.32 Å². The summed E-state index contributed by atoms with van der Waals surface area (Å²) in [6.45, 7) is 7.57. The quantitative estimate of drug-likeness (QED) is 0.745. The van der Waals surface area contributed by atoms with Gasteiger partial charge in [0.2, 0.25) is 0 Å². The number of rotatable bonds is 4. The maximum Gasteiger partial charge on any atom is 0.0210 e. The van der Waals surface area contributed by atoms with Gasteiger partial charge in [-0.05, 0) is 31.4 Å². The van der Waals surface area contributed by atoms with E-state index in [1.54, 1.807) is 0 Å². The van der Waals surface area contributed by atoms with Crippen LogP contribution in [0.1, 0.15) is 31.4 Å². The van der Waals surface area contributed by atoms with Gasteiger partial charge in [-0.25, -0.2) is 0 Å². The Kier molecular flexibility index (Phi) is 3.97. The average Bonchev–Trinajstić information content (AvgIpc) is 2.16. The van der Waals surface area contributed by atoms with Crippen LogP contribution in [0.4, 0.5) is 0 Å². The summed E-state index contributed by atoms with van der Waals surface area (Å²) in [5.41, 5.74) is 2.78. The van der Waals surface area contributed by atoms with Gasteiger partial charge in [0.05, 0.1) is 0 Å². The zero-order valence-electron chi connectivity index (χ0n) is 8.80. The summed E-state index contributed by atoms with van der Waals surface area (Å²) in [5.74, 6) is 0. The van der Waals surface area contributed by atoms with Gasteiger partial charge >= 0.3 is 0 Å². The molecular formula is C12H19N. The summed E-state index contributed by atoms with van der Waals surface area (Å²) in [6, 6.07) is 9.14. The topological polar surface area (TPSA) is 12.0 Å². The van der Waals surface area contributed by atoms with Crippen LogP contribution >= 0.6 is 0 Å². The Balaban J connectivity index is 2.50. The van der Waals surface area contributed by atoms with Gasteiger partial charge in [0.15, 0.2) is 0 Å². The summed E-state index contributed by atoms with van der Waals surface area (Å²) in [4.78, 5) is 0. The highest BCUT2D eigenvalue weighted by molar-refractivity contribution is 5.25. The highest BCUT2D eigenvalue weighted by Crippen LogP contribution is 2.06. The minimum absolute atomic E-state index is 0.611. The molecule has 72 valence electrons. The van der Waals surface area contributed by atoms with E-state index in [1.165, 1.54) is 17.5 Å². The second-order valence-corrected chi connectivity index (χ2v) is 3.62. The van der Waals surface area contributed by atoms with Crippen molar-refractivity contribution in [2.45, 2.75) is 39.8 Å². The van der Waals surface area contributed by atoms with Crippen LogP contribution in [0.5, 0.6) is 0 Å². The molecule has 0 aromatic heterocycles. The SMILES string of the molecule is CCC(C)NCc1ccccc1C. The lowest BCUT2D eigenvalue weighted by molar-refractivity contribution is 0.533. The normalized spacial score (nSPS) is 12.8. The average molecular weight is 177 g/mol. The smallest absolute Gasteiger partial charge is 0.0210 e. The molecule has 13 heavy (non-hydrogen) atoms. The van der Waals surface area contributed by atoms with Gasteiger partial charge in [-0.3, -0.25) is 0 Å². The molecule has 1 nitrogen and oxygen atoms in total. The standard InChI is InChI=1S/C12H19N/c1-4-11(3)13-9-12-8-6-5-7-10(12)2/h5-8,11,13H,4,9H2,1-3H3. The molecule has 0 amide bonds. The van der Waals surface area contributed by atoms with E-state index in [9.17, 15) is 0 Å². The lowest BCUT2D eigenvalue weighted by atomic mass is 10.1. The number of nitrogens with one attached hydrogen (secondary N) is 1. The Morgan fingerprint density at radius 2 is 2.00 bits per heavy atom. The van der Waals surface area contributed by atoms with E-state index in [2.05, 4.69) is 50.4 Å². The highest BCUT2D eigenvalue weighted by atomic mass is 14.9. The Morgan fingerprint density at radius 3 is 2.62 bits per heavy atom. The van der Waals surface area contributed by atoms with E-state index < -0.39 is 0 Å². The molecule has 0 radical (unpaired) electrons. The van der Waals surface area contributed by atoms with Crippen LogP contribution in [0, 0.1) is 6.92 Å². The summed E-state index contributed by atoms with van der Waals surface area (Å²) in [7, 11) is 0.